The van der Waals surface area contributed by atoms with Gasteiger partial charge in [0.15, 0.2) is 0 Å². The molecule has 0 radical (unpaired) electrons. The molecule has 0 spiro atoms. The highest BCUT2D eigenvalue weighted by molar-refractivity contribution is 5.76. The Balaban J connectivity index is 3.66. The average Bonchev–Trinajstić information content (AvgIpc) is 2.28. The third-order valence-electron chi connectivity index (χ3n) is 3.86. The summed E-state index contributed by atoms with van der Waals surface area (Å²) in [5.74, 6) is -1.06. The van der Waals surface area contributed by atoms with Gasteiger partial charge in [-0.1, -0.05) is 60.6 Å². The van der Waals surface area contributed by atoms with Gasteiger partial charge in [-0.25, -0.2) is 0 Å². The maximum Gasteiger partial charge on any atom is 0.310 e. The predicted octanol–water partition coefficient (Wildman–Crippen LogP) is 4.57. The molecule has 0 saturated heterocycles. The van der Waals surface area contributed by atoms with Gasteiger partial charge in [0.2, 0.25) is 0 Å². The van der Waals surface area contributed by atoms with Gasteiger partial charge in [-0.15, -0.1) is 0 Å². The molecular formula is C18H28O3. The van der Waals surface area contributed by atoms with E-state index in [2.05, 4.69) is 0 Å². The Morgan fingerprint density at radius 3 is 1.67 bits per heavy atom. The Labute approximate surface area is 128 Å². The van der Waals surface area contributed by atoms with Gasteiger partial charge in [0.1, 0.15) is 5.75 Å². The van der Waals surface area contributed by atoms with Crippen LogP contribution in [-0.2, 0) is 15.6 Å². The summed E-state index contributed by atoms with van der Waals surface area (Å²) in [4.78, 5) is 11.5. The Bertz CT molecular complexity index is 495. The quantitative estimate of drug-likeness (QED) is 0.858. The molecule has 1 aromatic rings. The lowest BCUT2D eigenvalue weighted by molar-refractivity contribution is -0.138. The van der Waals surface area contributed by atoms with E-state index in [1.54, 1.807) is 0 Å². The molecular weight excluding hydrogens is 264 g/mol. The fourth-order valence-electron chi connectivity index (χ4n) is 2.55. The highest BCUT2D eigenvalue weighted by atomic mass is 16.4. The molecule has 3 heteroatoms. The predicted molar refractivity (Wildman–Crippen MR) is 86.2 cm³/mol. The SMILES string of the molecule is CCC(C(=O)O)c1cc(C(C)(C)C)c(O)c(C(C)(C)C)c1. The van der Waals surface area contributed by atoms with Gasteiger partial charge >= 0.3 is 5.97 Å². The van der Waals surface area contributed by atoms with E-state index in [0.29, 0.717) is 12.2 Å². The number of aliphatic carboxylic acids is 1. The first-order valence-corrected chi connectivity index (χ1v) is 7.50. The minimum absolute atomic E-state index is 0.239. The van der Waals surface area contributed by atoms with Crippen LogP contribution in [0.5, 0.6) is 5.75 Å². The van der Waals surface area contributed by atoms with Crippen molar-refractivity contribution in [2.24, 2.45) is 0 Å². The zero-order valence-corrected chi connectivity index (χ0v) is 14.2. The molecule has 1 aromatic carbocycles. The second kappa shape index (κ2) is 5.70. The highest BCUT2D eigenvalue weighted by Gasteiger charge is 2.29. The fourth-order valence-corrected chi connectivity index (χ4v) is 2.55. The van der Waals surface area contributed by atoms with E-state index >= 15 is 0 Å². The van der Waals surface area contributed by atoms with Crippen LogP contribution < -0.4 is 0 Å². The molecule has 3 nitrogen and oxygen atoms in total. The first-order valence-electron chi connectivity index (χ1n) is 7.50. The second-order valence-electron chi connectivity index (χ2n) is 7.76. The topological polar surface area (TPSA) is 57.5 Å². The molecule has 0 heterocycles. The lowest BCUT2D eigenvalue weighted by Gasteiger charge is -2.29. The zero-order valence-electron chi connectivity index (χ0n) is 14.2. The summed E-state index contributed by atoms with van der Waals surface area (Å²) in [7, 11) is 0. The number of hydrogen-bond acceptors (Lipinski definition) is 2. The van der Waals surface area contributed by atoms with Crippen LogP contribution in [-0.4, -0.2) is 16.2 Å². The van der Waals surface area contributed by atoms with E-state index in [1.165, 1.54) is 0 Å². The highest BCUT2D eigenvalue weighted by Crippen LogP contribution is 2.41. The van der Waals surface area contributed by atoms with E-state index in [9.17, 15) is 15.0 Å². The maximum absolute atomic E-state index is 11.5. The van der Waals surface area contributed by atoms with Crippen LogP contribution in [0.2, 0.25) is 0 Å². The second-order valence-corrected chi connectivity index (χ2v) is 7.76. The van der Waals surface area contributed by atoms with Crippen LogP contribution in [0.3, 0.4) is 0 Å². The van der Waals surface area contributed by atoms with Gasteiger partial charge in [-0.3, -0.25) is 4.79 Å². The van der Waals surface area contributed by atoms with Crippen LogP contribution in [0.15, 0.2) is 12.1 Å². The van der Waals surface area contributed by atoms with E-state index in [1.807, 2.05) is 60.6 Å². The summed E-state index contributed by atoms with van der Waals surface area (Å²) in [6, 6.07) is 3.71. The summed E-state index contributed by atoms with van der Waals surface area (Å²) in [5, 5.41) is 20.1. The average molecular weight is 292 g/mol. The monoisotopic (exact) mass is 292 g/mol. The summed E-state index contributed by atoms with van der Waals surface area (Å²) in [6.45, 7) is 14.0. The normalized spacial score (nSPS) is 14.0. The molecule has 0 aliphatic carbocycles. The summed E-state index contributed by atoms with van der Waals surface area (Å²) in [6.07, 6.45) is 0.535. The minimum Gasteiger partial charge on any atom is -0.507 e. The number of carbonyl (C=O) groups is 1. The number of benzene rings is 1. The largest absolute Gasteiger partial charge is 0.507 e. The molecule has 21 heavy (non-hydrogen) atoms. The van der Waals surface area contributed by atoms with Crippen molar-refractivity contribution in [2.75, 3.05) is 0 Å². The molecule has 1 atom stereocenters. The van der Waals surface area contributed by atoms with Crippen molar-refractivity contribution in [3.63, 3.8) is 0 Å². The van der Waals surface area contributed by atoms with Crippen molar-refractivity contribution in [1.82, 2.24) is 0 Å². The third-order valence-corrected chi connectivity index (χ3v) is 3.86. The van der Waals surface area contributed by atoms with Crippen LogP contribution in [0.25, 0.3) is 0 Å². The van der Waals surface area contributed by atoms with Gasteiger partial charge in [-0.05, 0) is 33.9 Å². The molecule has 2 N–H and O–H groups in total. The summed E-state index contributed by atoms with van der Waals surface area (Å²) in [5.41, 5.74) is 1.92. The minimum atomic E-state index is -0.817. The first kappa shape index (κ1) is 17.5. The van der Waals surface area contributed by atoms with E-state index in [4.69, 9.17) is 0 Å². The van der Waals surface area contributed by atoms with Crippen molar-refractivity contribution < 1.29 is 15.0 Å². The smallest absolute Gasteiger partial charge is 0.310 e. The van der Waals surface area contributed by atoms with Crippen molar-refractivity contribution >= 4 is 5.97 Å². The Morgan fingerprint density at radius 1 is 1.05 bits per heavy atom. The Kier molecular flexibility index (Phi) is 4.76. The summed E-state index contributed by atoms with van der Waals surface area (Å²) < 4.78 is 0. The number of carboxylic acid groups (broad SMARTS) is 1. The van der Waals surface area contributed by atoms with Crippen molar-refractivity contribution in [1.29, 1.82) is 0 Å². The number of phenols is 1. The van der Waals surface area contributed by atoms with E-state index in [0.717, 1.165) is 16.7 Å². The number of aromatic hydroxyl groups is 1. The molecule has 0 bridgehead atoms. The number of hydrogen-bond donors (Lipinski definition) is 2. The van der Waals surface area contributed by atoms with Crippen LogP contribution in [0.4, 0.5) is 0 Å². The third kappa shape index (κ3) is 3.78. The molecule has 0 saturated carbocycles. The summed E-state index contributed by atoms with van der Waals surface area (Å²) >= 11 is 0. The van der Waals surface area contributed by atoms with Crippen molar-refractivity contribution in [2.45, 2.75) is 71.6 Å². The molecule has 0 aliphatic heterocycles. The van der Waals surface area contributed by atoms with E-state index in [-0.39, 0.29) is 10.8 Å². The lowest BCUT2D eigenvalue weighted by Crippen LogP contribution is -2.20. The molecule has 0 fully saturated rings. The number of carboxylic acids is 1. The molecule has 1 unspecified atom stereocenters. The molecule has 0 aromatic heterocycles. The van der Waals surface area contributed by atoms with Gasteiger partial charge in [0.25, 0.3) is 0 Å². The Hall–Kier alpha value is -1.51. The Morgan fingerprint density at radius 2 is 1.43 bits per heavy atom. The molecule has 0 amide bonds. The maximum atomic E-state index is 11.5. The van der Waals surface area contributed by atoms with Crippen molar-refractivity contribution in [3.8, 4) is 5.75 Å². The van der Waals surface area contributed by atoms with E-state index < -0.39 is 11.9 Å². The van der Waals surface area contributed by atoms with Crippen LogP contribution in [0, 0.1) is 0 Å². The van der Waals surface area contributed by atoms with Gasteiger partial charge in [0.05, 0.1) is 5.92 Å². The molecule has 0 aliphatic rings. The van der Waals surface area contributed by atoms with Crippen LogP contribution in [0.1, 0.15) is 77.5 Å². The molecule has 1 rings (SSSR count). The van der Waals surface area contributed by atoms with Gasteiger partial charge < -0.3 is 10.2 Å². The molecule has 118 valence electrons. The van der Waals surface area contributed by atoms with Crippen molar-refractivity contribution in [3.05, 3.63) is 28.8 Å². The standard InChI is InChI=1S/C18H28O3/c1-8-12(16(20)21)11-9-13(17(2,3)4)15(19)14(10-11)18(5,6)7/h9-10,12,19H,8H2,1-7H3,(H,20,21). The van der Waals surface area contributed by atoms with Gasteiger partial charge in [-0.2, -0.15) is 0 Å². The fraction of sp³-hybridized carbons (Fsp3) is 0.611. The van der Waals surface area contributed by atoms with Crippen LogP contribution >= 0.6 is 0 Å². The zero-order chi connectivity index (χ0) is 16.6. The first-order chi connectivity index (χ1) is 9.39. The number of phenolic OH excluding ortho intramolecular Hbond substituents is 1. The van der Waals surface area contributed by atoms with Gasteiger partial charge in [0, 0.05) is 0 Å². The number of rotatable bonds is 3. The lowest BCUT2D eigenvalue weighted by atomic mass is 9.77.